The lowest BCUT2D eigenvalue weighted by atomic mass is 9.96. The van der Waals surface area contributed by atoms with E-state index in [-0.39, 0.29) is 5.91 Å². The van der Waals surface area contributed by atoms with Crippen molar-refractivity contribution >= 4 is 22.4 Å². The molecule has 1 aromatic carbocycles. The van der Waals surface area contributed by atoms with E-state index in [1.807, 2.05) is 54.5 Å². The summed E-state index contributed by atoms with van der Waals surface area (Å²) in [5, 5.41) is 5.39. The number of hydrogen-bond acceptors (Lipinski definition) is 3. The van der Waals surface area contributed by atoms with Crippen molar-refractivity contribution in [3.8, 4) is 0 Å². The molecule has 0 N–H and O–H groups in total. The Balaban J connectivity index is 1.43. The zero-order valence-electron chi connectivity index (χ0n) is 18.7. The fraction of sp³-hybridized carbons (Fsp3) is 0.259. The lowest BCUT2D eigenvalue weighted by Gasteiger charge is -2.29. The van der Waals surface area contributed by atoms with Crippen LogP contribution in [0.2, 0.25) is 0 Å². The minimum absolute atomic E-state index is 0.0345. The van der Waals surface area contributed by atoms with E-state index in [9.17, 15) is 4.79 Å². The number of amides is 1. The van der Waals surface area contributed by atoms with Gasteiger partial charge in [-0.3, -0.25) is 19.3 Å². The molecule has 0 radical (unpaired) electrons. The van der Waals surface area contributed by atoms with Crippen LogP contribution in [-0.2, 0) is 11.8 Å². The Bertz CT molecular complexity index is 1250. The van der Waals surface area contributed by atoms with Crippen molar-refractivity contribution in [1.82, 2.24) is 19.6 Å². The number of allylic oxidation sites excluding steroid dienone is 7. The largest absolute Gasteiger partial charge is 0.299 e. The number of hydrogen-bond donors (Lipinski definition) is 0. The Kier molecular flexibility index (Phi) is 5.50. The molecule has 0 unspecified atom stereocenters. The smallest absolute Gasteiger partial charge is 0.255 e. The summed E-state index contributed by atoms with van der Waals surface area (Å²) >= 11 is 0. The highest BCUT2D eigenvalue weighted by Crippen LogP contribution is 2.29. The summed E-state index contributed by atoms with van der Waals surface area (Å²) in [6, 6.07) is 6.19. The molecular formula is C27H28N4O. The second-order valence-corrected chi connectivity index (χ2v) is 8.50. The number of nitrogens with zero attached hydrogens (tertiary/aromatic N) is 4. The average Bonchev–Trinajstić information content (AvgIpc) is 3.18. The van der Waals surface area contributed by atoms with Gasteiger partial charge in [0.1, 0.15) is 0 Å². The summed E-state index contributed by atoms with van der Waals surface area (Å²) in [4.78, 5) is 17.5. The van der Waals surface area contributed by atoms with E-state index >= 15 is 0 Å². The summed E-state index contributed by atoms with van der Waals surface area (Å²) in [7, 11) is 1.93. The zero-order chi connectivity index (χ0) is 22.1. The molecule has 2 aromatic rings. The first kappa shape index (κ1) is 20.5. The molecule has 0 bridgehead atoms. The summed E-state index contributed by atoms with van der Waals surface area (Å²) < 4.78 is 1.86. The van der Waals surface area contributed by atoms with Crippen LogP contribution in [0.1, 0.15) is 25.3 Å². The molecule has 0 saturated carbocycles. The number of carbonyl (C=O) groups excluding carboxylic acids is 1. The van der Waals surface area contributed by atoms with Gasteiger partial charge in [-0.2, -0.15) is 5.10 Å². The van der Waals surface area contributed by atoms with Gasteiger partial charge in [-0.15, -0.1) is 0 Å². The molecule has 0 spiro atoms. The minimum atomic E-state index is -0.0345. The van der Waals surface area contributed by atoms with Gasteiger partial charge in [-0.25, -0.2) is 0 Å². The van der Waals surface area contributed by atoms with Gasteiger partial charge in [0.15, 0.2) is 0 Å². The number of carbonyl (C=O) groups is 1. The van der Waals surface area contributed by atoms with Crippen molar-refractivity contribution in [2.24, 2.45) is 7.05 Å². The number of benzene rings is 1. The van der Waals surface area contributed by atoms with E-state index in [1.54, 1.807) is 11.0 Å². The number of rotatable bonds is 4. The first-order valence-corrected chi connectivity index (χ1v) is 11.3. The van der Waals surface area contributed by atoms with Crippen LogP contribution in [0.3, 0.4) is 0 Å². The van der Waals surface area contributed by atoms with Gasteiger partial charge in [0.25, 0.3) is 5.91 Å². The summed E-state index contributed by atoms with van der Waals surface area (Å²) in [5.74, 6) is -0.0345. The third kappa shape index (κ3) is 3.92. The molecule has 3 aliphatic heterocycles. The van der Waals surface area contributed by atoms with E-state index in [2.05, 4.69) is 41.2 Å². The maximum Gasteiger partial charge on any atom is 0.255 e. The maximum atomic E-state index is 13.3. The van der Waals surface area contributed by atoms with Crippen molar-refractivity contribution in [1.29, 1.82) is 0 Å². The SMILES string of the molecule is CCCN1CC=C(C2=CN3C(=O)/C=C(c4ccc5c(cnn5C)c4)\C=C\C=C3C=C2)CC1. The van der Waals surface area contributed by atoms with E-state index in [4.69, 9.17) is 0 Å². The highest BCUT2D eigenvalue weighted by Gasteiger charge is 2.21. The van der Waals surface area contributed by atoms with Crippen LogP contribution in [0, 0.1) is 0 Å². The van der Waals surface area contributed by atoms with Crippen LogP contribution in [0.25, 0.3) is 16.5 Å². The molecule has 0 fully saturated rings. The topological polar surface area (TPSA) is 41.4 Å². The van der Waals surface area contributed by atoms with E-state index in [0.717, 1.165) is 59.4 Å². The molecule has 1 amide bonds. The third-order valence-electron chi connectivity index (χ3n) is 6.32. The predicted octanol–water partition coefficient (Wildman–Crippen LogP) is 4.73. The van der Waals surface area contributed by atoms with E-state index in [1.165, 1.54) is 12.0 Å². The molecule has 32 heavy (non-hydrogen) atoms. The van der Waals surface area contributed by atoms with Gasteiger partial charge >= 0.3 is 0 Å². The van der Waals surface area contributed by atoms with Gasteiger partial charge in [0.2, 0.25) is 0 Å². The van der Waals surface area contributed by atoms with E-state index in [0.29, 0.717) is 0 Å². The first-order valence-electron chi connectivity index (χ1n) is 11.3. The average molecular weight is 425 g/mol. The van der Waals surface area contributed by atoms with Crippen molar-refractivity contribution in [2.45, 2.75) is 19.8 Å². The quantitative estimate of drug-likeness (QED) is 0.712. The Labute approximate surface area is 189 Å². The maximum absolute atomic E-state index is 13.3. The highest BCUT2D eigenvalue weighted by molar-refractivity contribution is 6.00. The molecule has 4 heterocycles. The molecular weight excluding hydrogens is 396 g/mol. The van der Waals surface area contributed by atoms with Crippen molar-refractivity contribution in [3.63, 3.8) is 0 Å². The lowest BCUT2D eigenvalue weighted by Crippen LogP contribution is -2.30. The van der Waals surface area contributed by atoms with Gasteiger partial charge in [0.05, 0.1) is 11.7 Å². The Morgan fingerprint density at radius 2 is 2.03 bits per heavy atom. The number of fused-ring (bicyclic) bond motifs is 2. The Hall–Kier alpha value is -3.44. The number of aryl methyl sites for hydroxylation is 1. The Morgan fingerprint density at radius 3 is 2.84 bits per heavy atom. The normalized spacial score (nSPS) is 21.8. The number of aromatic nitrogens is 2. The van der Waals surface area contributed by atoms with Gasteiger partial charge in [-0.1, -0.05) is 37.3 Å². The van der Waals surface area contributed by atoms with Crippen molar-refractivity contribution < 1.29 is 4.79 Å². The Morgan fingerprint density at radius 1 is 1.12 bits per heavy atom. The molecule has 0 saturated heterocycles. The molecule has 162 valence electrons. The molecule has 5 nitrogen and oxygen atoms in total. The second-order valence-electron chi connectivity index (χ2n) is 8.50. The fourth-order valence-electron chi connectivity index (χ4n) is 4.55. The molecule has 5 heteroatoms. The standard InChI is InChI=1S/C27H28N4O/c1-3-13-30-14-11-20(12-15-30)23-7-9-25-6-4-5-21(17-27(32)31(25)19-23)22-8-10-26-24(16-22)18-28-29(26)2/h4-11,16-19H,3,12-15H2,1-2H3/b5-4+,21-17+,25-6?. The molecule has 0 atom stereocenters. The molecule has 0 aliphatic carbocycles. The van der Waals surface area contributed by atoms with Crippen LogP contribution >= 0.6 is 0 Å². The van der Waals surface area contributed by atoms with Crippen LogP contribution in [-0.4, -0.2) is 45.1 Å². The third-order valence-corrected chi connectivity index (χ3v) is 6.32. The van der Waals surface area contributed by atoms with Crippen LogP contribution in [0.4, 0.5) is 0 Å². The van der Waals surface area contributed by atoms with E-state index < -0.39 is 0 Å². The van der Waals surface area contributed by atoms with Crippen LogP contribution in [0.15, 0.2) is 90.0 Å². The molecule has 1 aromatic heterocycles. The lowest BCUT2D eigenvalue weighted by molar-refractivity contribution is -0.122. The van der Waals surface area contributed by atoms with Gasteiger partial charge in [0, 0.05) is 43.5 Å². The van der Waals surface area contributed by atoms with Crippen LogP contribution < -0.4 is 0 Å². The summed E-state index contributed by atoms with van der Waals surface area (Å²) in [6.45, 7) is 5.42. The van der Waals surface area contributed by atoms with Gasteiger partial charge in [-0.05, 0) is 66.0 Å². The first-order chi connectivity index (χ1) is 15.6. The van der Waals surface area contributed by atoms with Crippen LogP contribution in [0.5, 0.6) is 0 Å². The van der Waals surface area contributed by atoms with Gasteiger partial charge < -0.3 is 0 Å². The molecule has 3 aliphatic rings. The monoisotopic (exact) mass is 424 g/mol. The minimum Gasteiger partial charge on any atom is -0.299 e. The summed E-state index contributed by atoms with van der Waals surface area (Å²) in [6.07, 6.45) is 20.3. The fourth-order valence-corrected chi connectivity index (χ4v) is 4.55. The highest BCUT2D eigenvalue weighted by atomic mass is 16.2. The summed E-state index contributed by atoms with van der Waals surface area (Å²) in [5.41, 5.74) is 6.32. The predicted molar refractivity (Wildman–Crippen MR) is 129 cm³/mol. The second kappa shape index (κ2) is 8.60. The van der Waals surface area contributed by atoms with Crippen molar-refractivity contribution in [3.05, 3.63) is 95.5 Å². The molecule has 5 rings (SSSR count). The zero-order valence-corrected chi connectivity index (χ0v) is 18.7. The van der Waals surface area contributed by atoms with Crippen molar-refractivity contribution in [2.75, 3.05) is 19.6 Å².